The van der Waals surface area contributed by atoms with Crippen LogP contribution < -0.4 is 5.48 Å². The molecule has 0 radical (unpaired) electrons. The molecule has 15 heavy (non-hydrogen) atoms. The highest BCUT2D eigenvalue weighted by atomic mass is 16.6. The predicted molar refractivity (Wildman–Crippen MR) is 60.1 cm³/mol. The molecular formula is C11H21N3O. The summed E-state index contributed by atoms with van der Waals surface area (Å²) in [6.45, 7) is 8.83. The van der Waals surface area contributed by atoms with E-state index < -0.39 is 0 Å². The van der Waals surface area contributed by atoms with E-state index in [-0.39, 0.29) is 0 Å². The lowest BCUT2D eigenvalue weighted by Gasteiger charge is -2.06. The molecule has 0 aliphatic carbocycles. The summed E-state index contributed by atoms with van der Waals surface area (Å²) in [6, 6.07) is 0. The van der Waals surface area contributed by atoms with E-state index in [0.717, 1.165) is 31.7 Å². The van der Waals surface area contributed by atoms with E-state index in [9.17, 15) is 0 Å². The van der Waals surface area contributed by atoms with Crippen LogP contribution in [-0.2, 0) is 17.9 Å². The van der Waals surface area contributed by atoms with Crippen molar-refractivity contribution >= 4 is 0 Å². The van der Waals surface area contributed by atoms with Crippen LogP contribution in [-0.4, -0.2) is 16.4 Å². The van der Waals surface area contributed by atoms with Gasteiger partial charge in [0.1, 0.15) is 0 Å². The van der Waals surface area contributed by atoms with Gasteiger partial charge in [0.05, 0.1) is 12.8 Å². The van der Waals surface area contributed by atoms with E-state index >= 15 is 0 Å². The highest BCUT2D eigenvalue weighted by Gasteiger charge is 1.98. The lowest BCUT2D eigenvalue weighted by atomic mass is 10.2. The normalized spacial score (nSPS) is 11.2. The van der Waals surface area contributed by atoms with Gasteiger partial charge in [0.2, 0.25) is 0 Å². The molecule has 0 unspecified atom stereocenters. The monoisotopic (exact) mass is 211 g/mol. The smallest absolute Gasteiger partial charge is 0.0705 e. The van der Waals surface area contributed by atoms with Gasteiger partial charge in [-0.2, -0.15) is 10.6 Å². The standard InChI is InChI=1S/C11H21N3O/c1-4-5-14-8-11(6-12-14)7-13-15-9-10(2)3/h6,8,10,13H,4-5,7,9H2,1-3H3. The average molecular weight is 211 g/mol. The van der Waals surface area contributed by atoms with Crippen LogP contribution in [0.2, 0.25) is 0 Å². The molecule has 1 rings (SSSR count). The first kappa shape index (κ1) is 12.2. The van der Waals surface area contributed by atoms with Gasteiger partial charge in [-0.05, 0) is 12.3 Å². The maximum absolute atomic E-state index is 5.28. The summed E-state index contributed by atoms with van der Waals surface area (Å²) in [6.07, 6.45) is 5.04. The van der Waals surface area contributed by atoms with Gasteiger partial charge in [-0.25, -0.2) is 0 Å². The number of aromatic nitrogens is 2. The third-order valence-electron chi connectivity index (χ3n) is 1.93. The van der Waals surface area contributed by atoms with Crippen LogP contribution in [0.3, 0.4) is 0 Å². The quantitative estimate of drug-likeness (QED) is 0.553. The summed E-state index contributed by atoms with van der Waals surface area (Å²) in [5, 5.41) is 4.24. The summed E-state index contributed by atoms with van der Waals surface area (Å²) < 4.78 is 1.96. The van der Waals surface area contributed by atoms with E-state index in [1.165, 1.54) is 0 Å². The number of nitrogens with one attached hydrogen (secondary N) is 1. The number of hydroxylamine groups is 1. The fourth-order valence-electron chi connectivity index (χ4n) is 1.21. The Kier molecular flexibility index (Phi) is 5.36. The van der Waals surface area contributed by atoms with Crippen molar-refractivity contribution in [3.05, 3.63) is 18.0 Å². The predicted octanol–water partition coefficient (Wildman–Crippen LogP) is 1.97. The molecule has 0 aliphatic rings. The van der Waals surface area contributed by atoms with Gasteiger partial charge >= 0.3 is 0 Å². The van der Waals surface area contributed by atoms with Crippen molar-refractivity contribution in [2.24, 2.45) is 5.92 Å². The summed E-state index contributed by atoms with van der Waals surface area (Å²) in [5.74, 6) is 0.556. The number of hydrogen-bond donors (Lipinski definition) is 1. The van der Waals surface area contributed by atoms with E-state index in [4.69, 9.17) is 4.84 Å². The van der Waals surface area contributed by atoms with Crippen molar-refractivity contribution in [3.63, 3.8) is 0 Å². The number of aryl methyl sites for hydroxylation is 1. The van der Waals surface area contributed by atoms with E-state index in [1.54, 1.807) is 0 Å². The van der Waals surface area contributed by atoms with Gasteiger partial charge in [-0.3, -0.25) is 4.68 Å². The average Bonchev–Trinajstić information content (AvgIpc) is 2.61. The molecule has 0 saturated carbocycles. The Morgan fingerprint density at radius 1 is 1.53 bits per heavy atom. The second-order valence-corrected chi connectivity index (χ2v) is 4.14. The molecule has 4 nitrogen and oxygen atoms in total. The highest BCUT2D eigenvalue weighted by Crippen LogP contribution is 1.98. The van der Waals surface area contributed by atoms with Gasteiger partial charge in [0.15, 0.2) is 0 Å². The van der Waals surface area contributed by atoms with Crippen molar-refractivity contribution in [2.45, 2.75) is 40.3 Å². The van der Waals surface area contributed by atoms with Crippen LogP contribution >= 0.6 is 0 Å². The van der Waals surface area contributed by atoms with E-state index in [0.29, 0.717) is 5.92 Å². The Labute approximate surface area is 91.6 Å². The molecule has 4 heteroatoms. The van der Waals surface area contributed by atoms with Crippen LogP contribution in [0.15, 0.2) is 12.4 Å². The maximum Gasteiger partial charge on any atom is 0.0705 e. The van der Waals surface area contributed by atoms with Crippen LogP contribution in [0.4, 0.5) is 0 Å². The van der Waals surface area contributed by atoms with Crippen molar-refractivity contribution in [3.8, 4) is 0 Å². The fourth-order valence-corrected chi connectivity index (χ4v) is 1.21. The largest absolute Gasteiger partial charge is 0.301 e. The van der Waals surface area contributed by atoms with Gasteiger partial charge in [-0.15, -0.1) is 0 Å². The first-order valence-electron chi connectivity index (χ1n) is 5.58. The maximum atomic E-state index is 5.28. The zero-order valence-electron chi connectivity index (χ0n) is 9.86. The Morgan fingerprint density at radius 3 is 3.00 bits per heavy atom. The van der Waals surface area contributed by atoms with E-state index in [1.807, 2.05) is 10.9 Å². The Balaban J connectivity index is 2.19. The van der Waals surface area contributed by atoms with Crippen molar-refractivity contribution in [1.82, 2.24) is 15.3 Å². The molecule has 0 aromatic carbocycles. The van der Waals surface area contributed by atoms with Crippen molar-refractivity contribution in [1.29, 1.82) is 0 Å². The molecule has 0 saturated heterocycles. The molecule has 86 valence electrons. The van der Waals surface area contributed by atoms with Crippen LogP contribution in [0.1, 0.15) is 32.8 Å². The fraction of sp³-hybridized carbons (Fsp3) is 0.727. The first-order chi connectivity index (χ1) is 7.22. The molecular weight excluding hydrogens is 190 g/mol. The molecule has 0 spiro atoms. The molecule has 0 aliphatic heterocycles. The molecule has 1 aromatic heterocycles. The summed E-state index contributed by atoms with van der Waals surface area (Å²) in [4.78, 5) is 5.28. The first-order valence-corrected chi connectivity index (χ1v) is 5.58. The van der Waals surface area contributed by atoms with Crippen LogP contribution in [0.25, 0.3) is 0 Å². The van der Waals surface area contributed by atoms with Crippen molar-refractivity contribution < 1.29 is 4.84 Å². The zero-order valence-corrected chi connectivity index (χ0v) is 9.86. The van der Waals surface area contributed by atoms with Gasteiger partial charge in [0, 0.05) is 24.8 Å². The van der Waals surface area contributed by atoms with Crippen LogP contribution in [0.5, 0.6) is 0 Å². The minimum absolute atomic E-state index is 0.556. The van der Waals surface area contributed by atoms with E-state index in [2.05, 4.69) is 37.5 Å². The molecule has 0 atom stereocenters. The Bertz CT molecular complexity index is 271. The highest BCUT2D eigenvalue weighted by molar-refractivity contribution is 5.02. The molecule has 0 bridgehead atoms. The molecule has 1 N–H and O–H groups in total. The van der Waals surface area contributed by atoms with Crippen LogP contribution in [0, 0.1) is 5.92 Å². The van der Waals surface area contributed by atoms with Gasteiger partial charge < -0.3 is 4.84 Å². The second kappa shape index (κ2) is 6.58. The minimum Gasteiger partial charge on any atom is -0.301 e. The third-order valence-corrected chi connectivity index (χ3v) is 1.93. The summed E-state index contributed by atoms with van der Waals surface area (Å²) in [7, 11) is 0. The lowest BCUT2D eigenvalue weighted by molar-refractivity contribution is 0.0196. The van der Waals surface area contributed by atoms with Gasteiger partial charge in [-0.1, -0.05) is 20.8 Å². The summed E-state index contributed by atoms with van der Waals surface area (Å²) in [5.41, 5.74) is 4.09. The molecule has 0 fully saturated rings. The summed E-state index contributed by atoms with van der Waals surface area (Å²) >= 11 is 0. The zero-order chi connectivity index (χ0) is 11.1. The molecule has 0 amide bonds. The Hall–Kier alpha value is -0.870. The number of hydrogen-bond acceptors (Lipinski definition) is 3. The molecule has 1 heterocycles. The lowest BCUT2D eigenvalue weighted by Crippen LogP contribution is -2.17. The second-order valence-electron chi connectivity index (χ2n) is 4.14. The third kappa shape index (κ3) is 4.95. The number of nitrogens with zero attached hydrogens (tertiary/aromatic N) is 2. The molecule has 1 aromatic rings. The number of rotatable bonds is 7. The van der Waals surface area contributed by atoms with Gasteiger partial charge in [0.25, 0.3) is 0 Å². The Morgan fingerprint density at radius 2 is 2.33 bits per heavy atom. The minimum atomic E-state index is 0.556. The SMILES string of the molecule is CCCn1cc(CNOCC(C)C)cn1. The topological polar surface area (TPSA) is 39.1 Å². The van der Waals surface area contributed by atoms with Crippen molar-refractivity contribution in [2.75, 3.05) is 6.61 Å².